The zero-order chi connectivity index (χ0) is 9.84. The summed E-state index contributed by atoms with van der Waals surface area (Å²) in [7, 11) is 1.65. The Morgan fingerprint density at radius 3 is 3.00 bits per heavy atom. The molecule has 1 aromatic rings. The average molecular weight is 184 g/mol. The van der Waals surface area contributed by atoms with Gasteiger partial charge in [0.2, 0.25) is 5.88 Å². The summed E-state index contributed by atoms with van der Waals surface area (Å²) in [5.74, 6) is -0.700. The van der Waals surface area contributed by atoms with E-state index in [-0.39, 0.29) is 5.56 Å². The third-order valence-corrected chi connectivity index (χ3v) is 1.56. The molecule has 0 aliphatic heterocycles. The summed E-state index contributed by atoms with van der Waals surface area (Å²) in [5, 5.41) is 12.5. The molecule has 0 aromatic carbocycles. The number of hydrogen-bond donors (Lipinski definition) is 1. The molecule has 0 atom stereocenters. The standard InChI is InChI=1S/C8H12N2O3/c1-3-4-13-7-6(8(11)12)5-9-10(7)2/h5H,3-4H2,1-2H3,(H,11,12). The van der Waals surface area contributed by atoms with Crippen molar-refractivity contribution in [1.82, 2.24) is 9.78 Å². The first-order chi connectivity index (χ1) is 6.16. The Labute approximate surface area is 75.9 Å². The van der Waals surface area contributed by atoms with E-state index >= 15 is 0 Å². The molecule has 0 radical (unpaired) electrons. The summed E-state index contributed by atoms with van der Waals surface area (Å²) in [6.07, 6.45) is 2.12. The Bertz CT molecular complexity index is 306. The molecule has 1 aromatic heterocycles. The van der Waals surface area contributed by atoms with Crippen molar-refractivity contribution in [2.75, 3.05) is 6.61 Å². The second-order valence-electron chi connectivity index (χ2n) is 2.64. The molecule has 5 nitrogen and oxygen atoms in total. The number of carboxylic acids is 1. The topological polar surface area (TPSA) is 64.3 Å². The second kappa shape index (κ2) is 3.93. The number of aryl methyl sites for hydroxylation is 1. The fourth-order valence-corrected chi connectivity index (χ4v) is 0.943. The number of carboxylic acid groups (broad SMARTS) is 1. The monoisotopic (exact) mass is 184 g/mol. The van der Waals surface area contributed by atoms with Crippen molar-refractivity contribution >= 4 is 5.97 Å². The van der Waals surface area contributed by atoms with Crippen molar-refractivity contribution in [2.24, 2.45) is 7.05 Å². The molecule has 0 aliphatic carbocycles. The van der Waals surface area contributed by atoms with Crippen LogP contribution >= 0.6 is 0 Å². The number of aromatic nitrogens is 2. The fourth-order valence-electron chi connectivity index (χ4n) is 0.943. The highest BCUT2D eigenvalue weighted by molar-refractivity contribution is 5.89. The van der Waals surface area contributed by atoms with Crippen LogP contribution in [0.15, 0.2) is 6.20 Å². The molecule has 0 saturated heterocycles. The molecule has 1 rings (SSSR count). The number of aromatic carboxylic acids is 1. The zero-order valence-electron chi connectivity index (χ0n) is 7.65. The first kappa shape index (κ1) is 9.57. The first-order valence-corrected chi connectivity index (χ1v) is 4.05. The smallest absolute Gasteiger partial charge is 0.342 e. The van der Waals surface area contributed by atoms with E-state index in [0.717, 1.165) is 6.42 Å². The highest BCUT2D eigenvalue weighted by atomic mass is 16.5. The van der Waals surface area contributed by atoms with Gasteiger partial charge in [-0.2, -0.15) is 5.10 Å². The van der Waals surface area contributed by atoms with Crippen LogP contribution in [0.5, 0.6) is 5.88 Å². The summed E-state index contributed by atoms with van der Waals surface area (Å²) < 4.78 is 6.65. The van der Waals surface area contributed by atoms with E-state index in [2.05, 4.69) is 5.10 Å². The predicted octanol–water partition coefficient (Wildman–Crippen LogP) is 0.907. The van der Waals surface area contributed by atoms with Gasteiger partial charge in [0, 0.05) is 7.05 Å². The van der Waals surface area contributed by atoms with Gasteiger partial charge in [-0.15, -0.1) is 0 Å². The maximum atomic E-state index is 10.7. The lowest BCUT2D eigenvalue weighted by Crippen LogP contribution is -2.05. The Morgan fingerprint density at radius 2 is 2.46 bits per heavy atom. The number of nitrogens with zero attached hydrogens (tertiary/aromatic N) is 2. The zero-order valence-corrected chi connectivity index (χ0v) is 7.65. The Hall–Kier alpha value is -1.52. The Morgan fingerprint density at radius 1 is 1.77 bits per heavy atom. The Kier molecular flexibility index (Phi) is 2.89. The molecule has 1 heterocycles. The van der Waals surface area contributed by atoms with E-state index in [9.17, 15) is 4.79 Å². The van der Waals surface area contributed by atoms with Crippen LogP contribution in [0.2, 0.25) is 0 Å². The number of ether oxygens (including phenoxy) is 1. The summed E-state index contributed by atoms with van der Waals surface area (Å²) in [6.45, 7) is 2.45. The van der Waals surface area contributed by atoms with Gasteiger partial charge in [0.15, 0.2) is 0 Å². The maximum Gasteiger partial charge on any atom is 0.342 e. The lowest BCUT2D eigenvalue weighted by atomic mass is 10.3. The Balaban J connectivity index is 2.88. The number of hydrogen-bond acceptors (Lipinski definition) is 3. The molecule has 0 spiro atoms. The van der Waals surface area contributed by atoms with Crippen molar-refractivity contribution in [3.05, 3.63) is 11.8 Å². The molecule has 0 unspecified atom stereocenters. The molecule has 0 saturated carbocycles. The van der Waals surface area contributed by atoms with Gasteiger partial charge in [0.05, 0.1) is 12.8 Å². The van der Waals surface area contributed by atoms with E-state index in [4.69, 9.17) is 9.84 Å². The third-order valence-electron chi connectivity index (χ3n) is 1.56. The van der Waals surface area contributed by atoms with Crippen LogP contribution in [0.1, 0.15) is 23.7 Å². The summed E-state index contributed by atoms with van der Waals surface area (Å²) in [6, 6.07) is 0. The molecule has 0 amide bonds. The number of carbonyl (C=O) groups is 1. The van der Waals surface area contributed by atoms with Gasteiger partial charge < -0.3 is 9.84 Å². The molecule has 13 heavy (non-hydrogen) atoms. The van der Waals surface area contributed by atoms with Crippen LogP contribution in [-0.2, 0) is 7.05 Å². The van der Waals surface area contributed by atoms with E-state index in [1.165, 1.54) is 10.9 Å². The van der Waals surface area contributed by atoms with E-state index in [1.54, 1.807) is 7.05 Å². The molecule has 1 N–H and O–H groups in total. The lowest BCUT2D eigenvalue weighted by Gasteiger charge is -2.04. The molecular weight excluding hydrogens is 172 g/mol. The first-order valence-electron chi connectivity index (χ1n) is 4.05. The SMILES string of the molecule is CCCOc1c(C(=O)O)cnn1C. The minimum Gasteiger partial charge on any atom is -0.477 e. The molecule has 0 fully saturated rings. The largest absolute Gasteiger partial charge is 0.477 e. The van der Waals surface area contributed by atoms with Gasteiger partial charge in [-0.3, -0.25) is 0 Å². The van der Waals surface area contributed by atoms with E-state index in [1.807, 2.05) is 6.92 Å². The van der Waals surface area contributed by atoms with Crippen LogP contribution in [0.25, 0.3) is 0 Å². The summed E-state index contributed by atoms with van der Waals surface area (Å²) in [4.78, 5) is 10.7. The van der Waals surface area contributed by atoms with Gasteiger partial charge >= 0.3 is 5.97 Å². The van der Waals surface area contributed by atoms with Crippen LogP contribution in [-0.4, -0.2) is 27.5 Å². The van der Waals surface area contributed by atoms with Crippen molar-refractivity contribution in [3.63, 3.8) is 0 Å². The molecule has 5 heteroatoms. The quantitative estimate of drug-likeness (QED) is 0.755. The van der Waals surface area contributed by atoms with Crippen molar-refractivity contribution < 1.29 is 14.6 Å². The predicted molar refractivity (Wildman–Crippen MR) is 46.0 cm³/mol. The van der Waals surface area contributed by atoms with Crippen LogP contribution in [0.4, 0.5) is 0 Å². The third kappa shape index (κ3) is 1.99. The fraction of sp³-hybridized carbons (Fsp3) is 0.500. The summed E-state index contributed by atoms with van der Waals surface area (Å²) >= 11 is 0. The van der Waals surface area contributed by atoms with Crippen molar-refractivity contribution in [3.8, 4) is 5.88 Å². The van der Waals surface area contributed by atoms with Crippen molar-refractivity contribution in [2.45, 2.75) is 13.3 Å². The highest BCUT2D eigenvalue weighted by Gasteiger charge is 2.15. The molecular formula is C8H12N2O3. The van der Waals surface area contributed by atoms with Crippen LogP contribution in [0, 0.1) is 0 Å². The number of rotatable bonds is 4. The van der Waals surface area contributed by atoms with Crippen molar-refractivity contribution in [1.29, 1.82) is 0 Å². The van der Waals surface area contributed by atoms with Gasteiger partial charge in [-0.1, -0.05) is 6.92 Å². The maximum absolute atomic E-state index is 10.7. The van der Waals surface area contributed by atoms with Gasteiger partial charge in [0.1, 0.15) is 5.56 Å². The van der Waals surface area contributed by atoms with Gasteiger partial charge in [-0.05, 0) is 6.42 Å². The van der Waals surface area contributed by atoms with Gasteiger partial charge in [-0.25, -0.2) is 9.48 Å². The minimum absolute atomic E-state index is 0.107. The second-order valence-corrected chi connectivity index (χ2v) is 2.64. The average Bonchev–Trinajstić information content (AvgIpc) is 2.43. The van der Waals surface area contributed by atoms with E-state index in [0.29, 0.717) is 12.5 Å². The molecule has 72 valence electrons. The molecule has 0 aliphatic rings. The normalized spacial score (nSPS) is 10.0. The van der Waals surface area contributed by atoms with Gasteiger partial charge in [0.25, 0.3) is 0 Å². The minimum atomic E-state index is -1.01. The molecule has 0 bridgehead atoms. The summed E-state index contributed by atoms with van der Waals surface area (Å²) in [5.41, 5.74) is 0.107. The van der Waals surface area contributed by atoms with E-state index < -0.39 is 5.97 Å². The van der Waals surface area contributed by atoms with Crippen LogP contribution < -0.4 is 4.74 Å². The van der Waals surface area contributed by atoms with Crippen LogP contribution in [0.3, 0.4) is 0 Å². The highest BCUT2D eigenvalue weighted by Crippen LogP contribution is 2.16. The lowest BCUT2D eigenvalue weighted by molar-refractivity contribution is 0.0691.